The van der Waals surface area contributed by atoms with Crippen molar-refractivity contribution in [3.63, 3.8) is 0 Å². The standard InChI is InChI=1S/C32H32O13S/c1-37-19-6-13(7-20(38-2)25(19)33)23-14-8-17-18(42-12-41-17)9-15(14)28(16-10-39-30(36)24(16)23)44-32-27(35)26(34)29-21(43-32)11-40-31(45-29)22-4-3-5-46-22/h3-9,16,21,23-24,26-29,31-35H,10-12H2,1-2H3/t16-,21-,23-,24+,26-,27+,28+,29+,31+,32+/m1/s1. The Morgan fingerprint density at radius 3 is 2.35 bits per heavy atom. The van der Waals surface area contributed by atoms with Crippen LogP contribution in [-0.2, 0) is 28.5 Å². The summed E-state index contributed by atoms with van der Waals surface area (Å²) >= 11 is 1.46. The van der Waals surface area contributed by atoms with E-state index in [0.29, 0.717) is 28.2 Å². The zero-order chi connectivity index (χ0) is 31.7. The topological polar surface area (TPSA) is 161 Å². The number of carbonyl (C=O) groups excluding carboxylic acids is 1. The second-order valence-electron chi connectivity index (χ2n) is 11.8. The lowest BCUT2D eigenvalue weighted by Crippen LogP contribution is -2.62. The van der Waals surface area contributed by atoms with Gasteiger partial charge in [-0.2, -0.15) is 0 Å². The molecule has 3 saturated heterocycles. The third kappa shape index (κ3) is 4.70. The van der Waals surface area contributed by atoms with E-state index in [-0.39, 0.29) is 37.3 Å². The lowest BCUT2D eigenvalue weighted by molar-refractivity contribution is -0.368. The van der Waals surface area contributed by atoms with Crippen LogP contribution in [0, 0.1) is 11.8 Å². The number of aliphatic hydroxyl groups excluding tert-OH is 2. The van der Waals surface area contributed by atoms with Gasteiger partial charge in [0.15, 0.2) is 35.6 Å². The first-order valence-electron chi connectivity index (χ1n) is 14.9. The molecule has 0 bridgehead atoms. The number of fused-ring (bicyclic) bond motifs is 4. The molecule has 1 aromatic heterocycles. The van der Waals surface area contributed by atoms with Crippen molar-refractivity contribution in [2.24, 2.45) is 11.8 Å². The fourth-order valence-electron chi connectivity index (χ4n) is 7.18. The highest BCUT2D eigenvalue weighted by Gasteiger charge is 2.56. The summed E-state index contributed by atoms with van der Waals surface area (Å²) in [4.78, 5) is 14.3. The van der Waals surface area contributed by atoms with Gasteiger partial charge in [-0.3, -0.25) is 4.79 Å². The van der Waals surface area contributed by atoms with Crippen molar-refractivity contribution in [3.8, 4) is 28.7 Å². The monoisotopic (exact) mass is 656 g/mol. The summed E-state index contributed by atoms with van der Waals surface area (Å²) in [5, 5.41) is 35.0. The highest BCUT2D eigenvalue weighted by molar-refractivity contribution is 7.10. The fraction of sp³-hybridized carbons (Fsp3) is 0.469. The summed E-state index contributed by atoms with van der Waals surface area (Å²) < 4.78 is 52.6. The Labute approximate surface area is 267 Å². The van der Waals surface area contributed by atoms with E-state index in [1.807, 2.05) is 23.6 Å². The van der Waals surface area contributed by atoms with E-state index in [1.165, 1.54) is 25.6 Å². The third-order valence-corrected chi connectivity index (χ3v) is 10.3. The van der Waals surface area contributed by atoms with Gasteiger partial charge in [-0.05, 0) is 52.4 Å². The van der Waals surface area contributed by atoms with Crippen LogP contribution in [0.5, 0.6) is 28.7 Å². The normalized spacial score (nSPS) is 34.3. The zero-order valence-electron chi connectivity index (χ0n) is 24.8. The summed E-state index contributed by atoms with van der Waals surface area (Å²) in [6.07, 6.45) is -7.16. The molecule has 0 radical (unpaired) electrons. The minimum atomic E-state index is -1.47. The molecule has 3 N–H and O–H groups in total. The van der Waals surface area contributed by atoms with E-state index in [4.69, 9.17) is 42.6 Å². The Hall–Kier alpha value is -3.63. The molecule has 4 aliphatic heterocycles. The number of cyclic esters (lactones) is 1. The first kappa shape index (κ1) is 29.8. The minimum Gasteiger partial charge on any atom is -0.502 e. The number of carbonyl (C=O) groups is 1. The smallest absolute Gasteiger partial charge is 0.310 e. The van der Waals surface area contributed by atoms with Gasteiger partial charge in [0.2, 0.25) is 12.5 Å². The van der Waals surface area contributed by atoms with E-state index < -0.39 is 66.8 Å². The molecule has 8 rings (SSSR count). The number of aromatic hydroxyl groups is 1. The van der Waals surface area contributed by atoms with Crippen LogP contribution < -0.4 is 18.9 Å². The van der Waals surface area contributed by atoms with Crippen LogP contribution in [0.2, 0.25) is 0 Å². The van der Waals surface area contributed by atoms with Gasteiger partial charge >= 0.3 is 5.97 Å². The van der Waals surface area contributed by atoms with E-state index in [9.17, 15) is 20.1 Å². The molecule has 1 aliphatic carbocycles. The highest BCUT2D eigenvalue weighted by atomic mass is 32.1. The first-order valence-corrected chi connectivity index (χ1v) is 15.8. The Bertz CT molecular complexity index is 1600. The van der Waals surface area contributed by atoms with Gasteiger partial charge in [0.1, 0.15) is 24.4 Å². The lowest BCUT2D eigenvalue weighted by atomic mass is 9.66. The second kappa shape index (κ2) is 11.6. The van der Waals surface area contributed by atoms with E-state index in [1.54, 1.807) is 18.2 Å². The van der Waals surface area contributed by atoms with Gasteiger partial charge in [0.25, 0.3) is 0 Å². The van der Waals surface area contributed by atoms with E-state index in [2.05, 4.69) is 0 Å². The van der Waals surface area contributed by atoms with Crippen LogP contribution >= 0.6 is 11.3 Å². The highest BCUT2D eigenvalue weighted by Crippen LogP contribution is 2.57. The third-order valence-electron chi connectivity index (χ3n) is 9.37. The van der Waals surface area contributed by atoms with Crippen molar-refractivity contribution < 1.29 is 62.7 Å². The van der Waals surface area contributed by atoms with Gasteiger partial charge in [-0.15, -0.1) is 11.3 Å². The fourth-order valence-corrected chi connectivity index (χ4v) is 7.89. The van der Waals surface area contributed by atoms with Crippen molar-refractivity contribution in [2.75, 3.05) is 34.2 Å². The number of esters is 1. The first-order chi connectivity index (χ1) is 22.4. The molecule has 0 unspecified atom stereocenters. The number of methoxy groups -OCH3 is 2. The molecule has 0 saturated carbocycles. The Morgan fingerprint density at radius 2 is 1.65 bits per heavy atom. The number of thiophene rings is 1. The van der Waals surface area contributed by atoms with Crippen molar-refractivity contribution in [1.82, 2.24) is 0 Å². The van der Waals surface area contributed by atoms with Crippen molar-refractivity contribution in [1.29, 1.82) is 0 Å². The predicted octanol–water partition coefficient (Wildman–Crippen LogP) is 2.75. The van der Waals surface area contributed by atoms with Crippen LogP contribution in [-0.4, -0.2) is 86.2 Å². The maximum Gasteiger partial charge on any atom is 0.310 e. The number of hydrogen-bond donors (Lipinski definition) is 3. The number of ether oxygens (including phenoxy) is 9. The Kier molecular flexibility index (Phi) is 7.48. The average Bonchev–Trinajstić information content (AvgIpc) is 3.85. The molecule has 0 amide bonds. The molecular weight excluding hydrogens is 624 g/mol. The summed E-state index contributed by atoms with van der Waals surface area (Å²) in [7, 11) is 2.86. The molecule has 244 valence electrons. The van der Waals surface area contributed by atoms with E-state index in [0.717, 1.165) is 4.88 Å². The number of phenols is 1. The van der Waals surface area contributed by atoms with Crippen molar-refractivity contribution in [3.05, 3.63) is 63.3 Å². The number of benzene rings is 2. The summed E-state index contributed by atoms with van der Waals surface area (Å²) in [6, 6.07) is 10.7. The van der Waals surface area contributed by atoms with Crippen LogP contribution in [0.1, 0.15) is 39.9 Å². The maximum atomic E-state index is 13.5. The quantitative estimate of drug-likeness (QED) is 0.333. The largest absolute Gasteiger partial charge is 0.502 e. The molecule has 3 fully saturated rings. The molecule has 5 aliphatic rings. The number of aliphatic hydroxyl groups is 2. The second-order valence-corrected chi connectivity index (χ2v) is 12.7. The van der Waals surface area contributed by atoms with Crippen LogP contribution in [0.25, 0.3) is 0 Å². The van der Waals surface area contributed by atoms with Gasteiger partial charge in [0.05, 0.1) is 44.3 Å². The number of phenolic OH excluding ortho intramolecular Hbond substituents is 1. The summed E-state index contributed by atoms with van der Waals surface area (Å²) in [5.41, 5.74) is 2.00. The van der Waals surface area contributed by atoms with Gasteiger partial charge in [-0.1, -0.05) is 6.07 Å². The average molecular weight is 657 g/mol. The maximum absolute atomic E-state index is 13.5. The SMILES string of the molecule is COc1cc([C@@H]2c3cc4c(cc3[C@H](O[C@@H]3O[C@@H]5CO[C@H](c6cccs6)O[C@@H]5[C@H](O)[C@@H]3O)[C@@H]3COC(=O)[C@H]23)OCO4)cc(OC)c1O. The zero-order valence-corrected chi connectivity index (χ0v) is 25.6. The number of rotatable bonds is 6. The van der Waals surface area contributed by atoms with Crippen molar-refractivity contribution >= 4 is 17.3 Å². The van der Waals surface area contributed by atoms with Gasteiger partial charge in [-0.25, -0.2) is 0 Å². The Morgan fingerprint density at radius 1 is 0.913 bits per heavy atom. The molecule has 14 heteroatoms. The summed E-state index contributed by atoms with van der Waals surface area (Å²) in [6.45, 7) is 0.171. The molecule has 5 heterocycles. The Balaban J connectivity index is 1.16. The van der Waals surface area contributed by atoms with Crippen LogP contribution in [0.3, 0.4) is 0 Å². The molecule has 2 aromatic carbocycles. The molecular formula is C32H32O13S. The molecule has 13 nitrogen and oxygen atoms in total. The molecule has 46 heavy (non-hydrogen) atoms. The molecule has 10 atom stereocenters. The van der Waals surface area contributed by atoms with Crippen LogP contribution in [0.4, 0.5) is 0 Å². The predicted molar refractivity (Wildman–Crippen MR) is 156 cm³/mol. The molecule has 3 aromatic rings. The van der Waals surface area contributed by atoms with Crippen molar-refractivity contribution in [2.45, 2.75) is 49.0 Å². The number of hydrogen-bond acceptors (Lipinski definition) is 14. The lowest BCUT2D eigenvalue weighted by Gasteiger charge is -2.48. The minimum absolute atomic E-state index is 0.0242. The van der Waals surface area contributed by atoms with Gasteiger partial charge < -0.3 is 58.0 Å². The summed E-state index contributed by atoms with van der Waals surface area (Å²) in [5.74, 6) is -1.08. The molecule has 0 spiro atoms. The van der Waals surface area contributed by atoms with Gasteiger partial charge in [0, 0.05) is 11.8 Å². The van der Waals surface area contributed by atoms with E-state index >= 15 is 0 Å². The van der Waals surface area contributed by atoms with Crippen LogP contribution in [0.15, 0.2) is 41.8 Å².